The van der Waals surface area contributed by atoms with Gasteiger partial charge in [-0.25, -0.2) is 4.98 Å². The van der Waals surface area contributed by atoms with E-state index in [-0.39, 0.29) is 11.8 Å². The quantitative estimate of drug-likeness (QED) is 0.900. The highest BCUT2D eigenvalue weighted by Crippen LogP contribution is 2.28. The van der Waals surface area contributed by atoms with Gasteiger partial charge in [-0.1, -0.05) is 11.6 Å². The smallest absolute Gasteiger partial charge is 0.272 e. The Balaban J connectivity index is 2.18. The van der Waals surface area contributed by atoms with Crippen LogP contribution in [0.5, 0.6) is 5.75 Å². The van der Waals surface area contributed by atoms with Crippen LogP contribution in [0, 0.1) is 0 Å². The lowest BCUT2D eigenvalue weighted by Crippen LogP contribution is -2.15. The van der Waals surface area contributed by atoms with E-state index in [1.54, 1.807) is 18.2 Å². The van der Waals surface area contributed by atoms with Gasteiger partial charge in [0.2, 0.25) is 0 Å². The number of aromatic amines is 1. The zero-order valence-corrected chi connectivity index (χ0v) is 12.1. The first-order valence-corrected chi connectivity index (χ1v) is 6.65. The molecule has 2 rings (SSSR count). The summed E-state index contributed by atoms with van der Waals surface area (Å²) in [5.74, 6) is 1.10. The number of hydrogen-bond donors (Lipinski definition) is 2. The Labute approximate surface area is 119 Å². The molecule has 3 N–H and O–H groups in total. The fourth-order valence-corrected chi connectivity index (χ4v) is 2.11. The van der Waals surface area contributed by atoms with Gasteiger partial charge in [-0.2, -0.15) is 0 Å². The summed E-state index contributed by atoms with van der Waals surface area (Å²) in [4.78, 5) is 3.10. The second-order valence-corrected chi connectivity index (χ2v) is 5.34. The van der Waals surface area contributed by atoms with Crippen LogP contribution in [0.25, 0.3) is 0 Å². The van der Waals surface area contributed by atoms with Gasteiger partial charge in [0.05, 0.1) is 4.47 Å². The minimum atomic E-state index is -0.0545. The van der Waals surface area contributed by atoms with Gasteiger partial charge in [-0.05, 0) is 47.1 Å². The molecule has 0 amide bonds. The van der Waals surface area contributed by atoms with Crippen LogP contribution in [0.1, 0.15) is 18.5 Å². The van der Waals surface area contributed by atoms with Gasteiger partial charge in [-0.15, -0.1) is 0 Å². The minimum absolute atomic E-state index is 0.0545. The summed E-state index contributed by atoms with van der Waals surface area (Å²) >= 11 is 9.29. The topological polar surface area (TPSA) is 46.4 Å². The lowest BCUT2D eigenvalue weighted by molar-refractivity contribution is -0.362. The molecule has 1 aromatic carbocycles. The number of aromatic hydroxyl groups is 1. The maximum absolute atomic E-state index is 9.81. The van der Waals surface area contributed by atoms with Crippen LogP contribution in [-0.2, 0) is 0 Å². The molecule has 94 valence electrons. The third-order valence-corrected chi connectivity index (χ3v) is 3.33. The van der Waals surface area contributed by atoms with Crippen molar-refractivity contribution in [3.05, 3.63) is 51.6 Å². The molecule has 3 nitrogen and oxygen atoms in total. The van der Waals surface area contributed by atoms with Crippen molar-refractivity contribution in [2.45, 2.75) is 13.0 Å². The molecule has 0 radical (unpaired) electrons. The van der Waals surface area contributed by atoms with E-state index in [1.165, 1.54) is 0 Å². The van der Waals surface area contributed by atoms with Crippen LogP contribution in [0.4, 0.5) is 5.82 Å². The first-order valence-electron chi connectivity index (χ1n) is 5.48. The molecule has 1 atom stereocenters. The minimum Gasteiger partial charge on any atom is -0.508 e. The van der Waals surface area contributed by atoms with E-state index in [2.05, 4.69) is 26.2 Å². The predicted octanol–water partition coefficient (Wildman–Crippen LogP) is 3.80. The van der Waals surface area contributed by atoms with Gasteiger partial charge >= 0.3 is 0 Å². The van der Waals surface area contributed by atoms with E-state index in [4.69, 9.17) is 11.6 Å². The van der Waals surface area contributed by atoms with Crippen molar-refractivity contribution in [1.29, 1.82) is 0 Å². The van der Waals surface area contributed by atoms with Crippen LogP contribution in [0.2, 0.25) is 5.02 Å². The molecule has 0 aliphatic rings. The number of nitrogens with one attached hydrogen (secondary N) is 2. The Morgan fingerprint density at radius 2 is 2.11 bits per heavy atom. The molecule has 0 bridgehead atoms. The summed E-state index contributed by atoms with van der Waals surface area (Å²) in [5, 5.41) is 13.7. The van der Waals surface area contributed by atoms with Crippen molar-refractivity contribution >= 4 is 33.3 Å². The average Bonchev–Trinajstić information content (AvgIpc) is 2.35. The number of hydrogen-bond acceptors (Lipinski definition) is 2. The van der Waals surface area contributed by atoms with Crippen LogP contribution in [0.3, 0.4) is 0 Å². The number of phenolic OH excluding ortho intramolecular Hbond substituents is 1. The number of rotatable bonds is 3. The molecule has 1 aromatic heterocycles. The third kappa shape index (κ3) is 3.15. The number of anilines is 1. The van der Waals surface area contributed by atoms with Crippen LogP contribution in [0.15, 0.2) is 41.0 Å². The van der Waals surface area contributed by atoms with Crippen molar-refractivity contribution in [3.8, 4) is 5.75 Å². The Morgan fingerprint density at radius 1 is 1.33 bits per heavy atom. The summed E-state index contributed by atoms with van der Waals surface area (Å²) in [6.45, 7) is 1.96. The molecule has 1 heterocycles. The van der Waals surface area contributed by atoms with Crippen LogP contribution in [-0.4, -0.2) is 5.11 Å². The van der Waals surface area contributed by atoms with E-state index >= 15 is 0 Å². The molecule has 0 unspecified atom stereocenters. The van der Waals surface area contributed by atoms with Crippen molar-refractivity contribution in [3.63, 3.8) is 0 Å². The summed E-state index contributed by atoms with van der Waals surface area (Å²) in [6.07, 6.45) is 1.84. The highest BCUT2D eigenvalue weighted by Gasteiger charge is 2.15. The van der Waals surface area contributed by atoms with Crippen LogP contribution >= 0.6 is 27.5 Å². The molecule has 0 spiro atoms. The molecule has 2 aromatic rings. The van der Waals surface area contributed by atoms with Gasteiger partial charge in [0.15, 0.2) is 0 Å². The van der Waals surface area contributed by atoms with Gasteiger partial charge in [0.25, 0.3) is 5.82 Å². The number of halogens is 2. The van der Waals surface area contributed by atoms with E-state index in [1.807, 2.05) is 25.3 Å². The van der Waals surface area contributed by atoms with E-state index < -0.39 is 0 Å². The second-order valence-electron chi connectivity index (χ2n) is 3.99. The fourth-order valence-electron chi connectivity index (χ4n) is 1.68. The van der Waals surface area contributed by atoms with E-state index in [9.17, 15) is 5.11 Å². The molecule has 18 heavy (non-hydrogen) atoms. The van der Waals surface area contributed by atoms with Crippen molar-refractivity contribution in [2.24, 2.45) is 0 Å². The number of benzene rings is 1. The maximum Gasteiger partial charge on any atom is 0.272 e. The van der Waals surface area contributed by atoms with Crippen molar-refractivity contribution in [1.82, 2.24) is 0 Å². The zero-order chi connectivity index (χ0) is 13.1. The normalized spacial score (nSPS) is 12.2. The first-order chi connectivity index (χ1) is 8.56. The number of H-pyrrole nitrogens is 1. The Kier molecular flexibility index (Phi) is 4.09. The Bertz CT molecular complexity index is 545. The molecule has 0 saturated heterocycles. The SMILES string of the molecule is C[C@@H](Nc1ccc(Br)c[nH+]1)c1cc(Cl)ccc1O. The summed E-state index contributed by atoms with van der Waals surface area (Å²) in [6, 6.07) is 8.82. The predicted molar refractivity (Wildman–Crippen MR) is 75.9 cm³/mol. The van der Waals surface area contributed by atoms with E-state index in [0.717, 1.165) is 15.9 Å². The lowest BCUT2D eigenvalue weighted by atomic mass is 10.1. The highest BCUT2D eigenvalue weighted by atomic mass is 79.9. The lowest BCUT2D eigenvalue weighted by Gasteiger charge is -2.11. The standard InChI is InChI=1S/C13H12BrClN2O/c1-8(11-6-10(15)3-4-12(11)18)17-13-5-2-9(14)7-16-13/h2-8,18H,1H3,(H,16,17)/p+1/t8-/m1/s1. The summed E-state index contributed by atoms with van der Waals surface area (Å²) in [7, 11) is 0. The first kappa shape index (κ1) is 13.2. The highest BCUT2D eigenvalue weighted by molar-refractivity contribution is 9.10. The van der Waals surface area contributed by atoms with Crippen molar-refractivity contribution < 1.29 is 10.1 Å². The third-order valence-electron chi connectivity index (χ3n) is 2.60. The molecular weight excluding hydrogens is 316 g/mol. The molecule has 5 heteroatoms. The monoisotopic (exact) mass is 327 g/mol. The van der Waals surface area contributed by atoms with Gasteiger partial charge < -0.3 is 5.11 Å². The van der Waals surface area contributed by atoms with E-state index in [0.29, 0.717) is 5.02 Å². The molecule has 0 saturated carbocycles. The van der Waals surface area contributed by atoms with Crippen LogP contribution < -0.4 is 10.3 Å². The molecule has 0 aliphatic heterocycles. The fraction of sp³-hybridized carbons (Fsp3) is 0.154. The Hall–Kier alpha value is -1.26. The van der Waals surface area contributed by atoms with Gasteiger partial charge in [0.1, 0.15) is 18.0 Å². The molecule has 0 fully saturated rings. The number of aromatic nitrogens is 1. The molecular formula is C13H13BrClN2O+. The maximum atomic E-state index is 9.81. The largest absolute Gasteiger partial charge is 0.508 e. The Morgan fingerprint density at radius 3 is 2.78 bits per heavy atom. The van der Waals surface area contributed by atoms with Gasteiger partial charge in [-0.3, -0.25) is 5.32 Å². The van der Waals surface area contributed by atoms with Gasteiger partial charge in [0, 0.05) is 16.7 Å². The second kappa shape index (κ2) is 5.59. The van der Waals surface area contributed by atoms with Crippen molar-refractivity contribution in [2.75, 3.05) is 5.32 Å². The summed E-state index contributed by atoms with van der Waals surface area (Å²) < 4.78 is 0.978. The number of phenols is 1. The number of pyridine rings is 1. The molecule has 0 aliphatic carbocycles. The zero-order valence-electron chi connectivity index (χ0n) is 9.74. The average molecular weight is 329 g/mol. The summed E-state index contributed by atoms with van der Waals surface area (Å²) in [5.41, 5.74) is 0.763.